The molecule has 0 radical (unpaired) electrons. The molecule has 1 N–H and O–H groups in total. The van der Waals surface area contributed by atoms with E-state index in [4.69, 9.17) is 0 Å². The van der Waals surface area contributed by atoms with E-state index in [-0.39, 0.29) is 0 Å². The number of piperidine rings is 1. The van der Waals surface area contributed by atoms with Crippen molar-refractivity contribution in [2.24, 2.45) is 22.7 Å². The highest BCUT2D eigenvalue weighted by molar-refractivity contribution is 4.91. The summed E-state index contributed by atoms with van der Waals surface area (Å²) in [6, 6.07) is 0.735. The topological polar surface area (TPSA) is 15.3 Å². The zero-order chi connectivity index (χ0) is 15.7. The molecule has 21 heavy (non-hydrogen) atoms. The van der Waals surface area contributed by atoms with Gasteiger partial charge in [0.1, 0.15) is 0 Å². The maximum absolute atomic E-state index is 3.61. The molecule has 1 heterocycles. The van der Waals surface area contributed by atoms with Gasteiger partial charge in [-0.3, -0.25) is 0 Å². The first-order valence-corrected chi connectivity index (χ1v) is 9.11. The van der Waals surface area contributed by atoms with Gasteiger partial charge in [0.05, 0.1) is 0 Å². The van der Waals surface area contributed by atoms with E-state index in [1.165, 1.54) is 51.7 Å². The fraction of sp³-hybridized carbons (Fsp3) is 1.00. The highest BCUT2D eigenvalue weighted by Gasteiger charge is 2.36. The Kier molecular flexibility index (Phi) is 5.41. The van der Waals surface area contributed by atoms with Crippen molar-refractivity contribution in [3.63, 3.8) is 0 Å². The quantitative estimate of drug-likeness (QED) is 0.841. The van der Waals surface area contributed by atoms with E-state index in [1.807, 2.05) is 0 Å². The van der Waals surface area contributed by atoms with Gasteiger partial charge in [0, 0.05) is 12.6 Å². The van der Waals surface area contributed by atoms with Gasteiger partial charge >= 0.3 is 0 Å². The minimum Gasteiger partial charge on any atom is -0.317 e. The van der Waals surface area contributed by atoms with Crippen LogP contribution in [0.1, 0.15) is 66.7 Å². The van der Waals surface area contributed by atoms with Crippen LogP contribution in [0.15, 0.2) is 0 Å². The summed E-state index contributed by atoms with van der Waals surface area (Å²) < 4.78 is 0. The highest BCUT2D eigenvalue weighted by atomic mass is 15.1. The van der Waals surface area contributed by atoms with Crippen LogP contribution in [0.3, 0.4) is 0 Å². The average molecular weight is 295 g/mol. The summed E-state index contributed by atoms with van der Waals surface area (Å²) in [5.41, 5.74) is 1.04. The number of hydrogen-bond donors (Lipinski definition) is 1. The molecule has 1 aliphatic carbocycles. The second-order valence-corrected chi connectivity index (χ2v) is 9.50. The zero-order valence-electron chi connectivity index (χ0n) is 15.3. The Labute approximate surface area is 133 Å². The van der Waals surface area contributed by atoms with Gasteiger partial charge in [0.15, 0.2) is 0 Å². The van der Waals surface area contributed by atoms with Crippen LogP contribution < -0.4 is 5.32 Å². The molecule has 2 heteroatoms. The smallest absolute Gasteiger partial charge is 0.0105 e. The van der Waals surface area contributed by atoms with Crippen LogP contribution in [0.4, 0.5) is 0 Å². The third-order valence-corrected chi connectivity index (χ3v) is 6.28. The molecule has 2 nitrogen and oxygen atoms in total. The van der Waals surface area contributed by atoms with Gasteiger partial charge in [0.2, 0.25) is 0 Å². The van der Waals surface area contributed by atoms with Crippen LogP contribution in [0, 0.1) is 22.7 Å². The van der Waals surface area contributed by atoms with E-state index in [2.05, 4.69) is 51.9 Å². The molecule has 1 saturated heterocycles. The van der Waals surface area contributed by atoms with Crippen LogP contribution in [0.5, 0.6) is 0 Å². The average Bonchev–Trinajstić information content (AvgIpc) is 2.40. The van der Waals surface area contributed by atoms with Crippen molar-refractivity contribution >= 4 is 0 Å². The molecule has 2 fully saturated rings. The molecule has 1 aliphatic heterocycles. The van der Waals surface area contributed by atoms with Gasteiger partial charge in [-0.1, -0.05) is 34.6 Å². The summed E-state index contributed by atoms with van der Waals surface area (Å²) in [5, 5.41) is 3.61. The predicted molar refractivity (Wildman–Crippen MR) is 92.6 cm³/mol. The van der Waals surface area contributed by atoms with Crippen molar-refractivity contribution in [1.29, 1.82) is 0 Å². The van der Waals surface area contributed by atoms with E-state index in [1.54, 1.807) is 0 Å². The fourth-order valence-electron chi connectivity index (χ4n) is 4.30. The van der Waals surface area contributed by atoms with Crippen LogP contribution in [-0.4, -0.2) is 37.6 Å². The Morgan fingerprint density at radius 2 is 1.71 bits per heavy atom. The van der Waals surface area contributed by atoms with E-state index in [0.717, 1.165) is 17.9 Å². The first-order valence-electron chi connectivity index (χ1n) is 9.11. The third-order valence-electron chi connectivity index (χ3n) is 6.28. The number of rotatable bonds is 3. The Morgan fingerprint density at radius 1 is 1.10 bits per heavy atom. The number of hydrogen-bond acceptors (Lipinski definition) is 2. The molecule has 0 spiro atoms. The Hall–Kier alpha value is -0.0800. The minimum atomic E-state index is 0.473. The molecular weight excluding hydrogens is 256 g/mol. The SMILES string of the molecule is CNC1CCC(C(C)(C)C)CC1CN1CCC(C)(C)CC1. The Bertz CT molecular complexity index is 319. The van der Waals surface area contributed by atoms with E-state index < -0.39 is 0 Å². The number of likely N-dealkylation sites (tertiary alicyclic amines) is 1. The van der Waals surface area contributed by atoms with Gasteiger partial charge in [-0.05, 0) is 74.9 Å². The molecule has 2 rings (SSSR count). The molecule has 3 unspecified atom stereocenters. The van der Waals surface area contributed by atoms with Crippen LogP contribution in [0.25, 0.3) is 0 Å². The lowest BCUT2D eigenvalue weighted by atomic mass is 9.67. The highest BCUT2D eigenvalue weighted by Crippen LogP contribution is 2.41. The lowest BCUT2D eigenvalue weighted by Crippen LogP contribution is -2.48. The van der Waals surface area contributed by atoms with Crippen molar-refractivity contribution < 1.29 is 0 Å². The van der Waals surface area contributed by atoms with Crippen molar-refractivity contribution in [3.05, 3.63) is 0 Å². The van der Waals surface area contributed by atoms with Crippen molar-refractivity contribution in [2.75, 3.05) is 26.7 Å². The lowest BCUT2D eigenvalue weighted by Gasteiger charge is -2.45. The summed E-state index contributed by atoms with van der Waals surface area (Å²) in [7, 11) is 2.16. The maximum Gasteiger partial charge on any atom is 0.0105 e. The minimum absolute atomic E-state index is 0.473. The maximum atomic E-state index is 3.61. The summed E-state index contributed by atoms with van der Waals surface area (Å²) >= 11 is 0. The first kappa shape index (κ1) is 17.3. The van der Waals surface area contributed by atoms with Gasteiger partial charge in [-0.25, -0.2) is 0 Å². The van der Waals surface area contributed by atoms with Crippen LogP contribution in [0.2, 0.25) is 0 Å². The van der Waals surface area contributed by atoms with E-state index in [0.29, 0.717) is 10.8 Å². The van der Waals surface area contributed by atoms with Crippen molar-refractivity contribution in [3.8, 4) is 0 Å². The molecular formula is C19H38N2. The molecule has 124 valence electrons. The molecule has 0 aromatic carbocycles. The first-order chi connectivity index (χ1) is 9.71. The summed E-state index contributed by atoms with van der Waals surface area (Å²) in [4.78, 5) is 2.74. The summed E-state index contributed by atoms with van der Waals surface area (Å²) in [6.45, 7) is 16.1. The van der Waals surface area contributed by atoms with Crippen LogP contribution >= 0.6 is 0 Å². The summed E-state index contributed by atoms with van der Waals surface area (Å²) in [6.07, 6.45) is 6.91. The number of nitrogens with zero attached hydrogens (tertiary/aromatic N) is 1. The molecule has 2 aliphatic rings. The monoisotopic (exact) mass is 294 g/mol. The Morgan fingerprint density at radius 3 is 2.24 bits per heavy atom. The summed E-state index contributed by atoms with van der Waals surface area (Å²) in [5.74, 6) is 1.74. The lowest BCUT2D eigenvalue weighted by molar-refractivity contribution is 0.0648. The van der Waals surface area contributed by atoms with Crippen LogP contribution in [-0.2, 0) is 0 Å². The zero-order valence-corrected chi connectivity index (χ0v) is 15.3. The largest absolute Gasteiger partial charge is 0.317 e. The van der Waals surface area contributed by atoms with Gasteiger partial charge in [-0.2, -0.15) is 0 Å². The molecule has 0 bridgehead atoms. The molecule has 3 atom stereocenters. The van der Waals surface area contributed by atoms with E-state index in [9.17, 15) is 0 Å². The van der Waals surface area contributed by atoms with Gasteiger partial charge < -0.3 is 10.2 Å². The number of nitrogens with one attached hydrogen (secondary N) is 1. The fourth-order valence-corrected chi connectivity index (χ4v) is 4.30. The van der Waals surface area contributed by atoms with Crippen molar-refractivity contribution in [1.82, 2.24) is 10.2 Å². The molecule has 0 aromatic heterocycles. The standard InChI is InChI=1S/C19H38N2/c1-18(2,3)16-7-8-17(20-6)15(13-16)14-21-11-9-19(4,5)10-12-21/h15-17,20H,7-14H2,1-6H3. The second kappa shape index (κ2) is 6.58. The van der Waals surface area contributed by atoms with Gasteiger partial charge in [0.25, 0.3) is 0 Å². The normalized spacial score (nSPS) is 34.9. The molecule has 0 aromatic rings. The second-order valence-electron chi connectivity index (χ2n) is 9.50. The molecule has 0 amide bonds. The van der Waals surface area contributed by atoms with Crippen molar-refractivity contribution in [2.45, 2.75) is 72.8 Å². The third kappa shape index (κ3) is 4.69. The predicted octanol–water partition coefficient (Wildman–Crippen LogP) is 4.16. The van der Waals surface area contributed by atoms with Gasteiger partial charge in [-0.15, -0.1) is 0 Å². The molecule has 1 saturated carbocycles. The van der Waals surface area contributed by atoms with E-state index >= 15 is 0 Å². The Balaban J connectivity index is 1.92.